The lowest BCUT2D eigenvalue weighted by molar-refractivity contribution is 0.106. The summed E-state index contributed by atoms with van der Waals surface area (Å²) in [4.78, 5) is 3.65. The van der Waals surface area contributed by atoms with Crippen molar-refractivity contribution in [3.05, 3.63) is 39.8 Å². The maximum Gasteiger partial charge on any atom is 0.0678 e. The molecule has 4 nitrogen and oxygen atoms in total. The molecule has 0 spiro atoms. The lowest BCUT2D eigenvalue weighted by atomic mass is 9.92. The summed E-state index contributed by atoms with van der Waals surface area (Å²) < 4.78 is 0. The number of rotatable bonds is 7. The summed E-state index contributed by atoms with van der Waals surface area (Å²) in [7, 11) is 0. The molecule has 2 aromatic heterocycles. The highest BCUT2D eigenvalue weighted by Gasteiger charge is 2.21. The molecule has 2 aromatic rings. The van der Waals surface area contributed by atoms with Crippen LogP contribution in [0, 0.1) is 0 Å². The molecule has 5 heteroatoms. The number of hydrogen-bond donors (Lipinski definition) is 2. The Morgan fingerprint density at radius 1 is 1.36 bits per heavy atom. The molecule has 0 bridgehead atoms. The molecule has 2 rings (SSSR count). The van der Waals surface area contributed by atoms with Gasteiger partial charge in [-0.3, -0.25) is 10.00 Å². The molecule has 22 heavy (non-hydrogen) atoms. The maximum absolute atomic E-state index is 9.67. The molecule has 0 aromatic carbocycles. The predicted molar refractivity (Wildman–Crippen MR) is 92.0 cm³/mol. The number of H-pyrrole nitrogens is 1. The van der Waals surface area contributed by atoms with Gasteiger partial charge in [-0.05, 0) is 23.9 Å². The zero-order valence-corrected chi connectivity index (χ0v) is 14.8. The molecule has 0 aliphatic heterocycles. The van der Waals surface area contributed by atoms with Gasteiger partial charge in [0.1, 0.15) is 0 Å². The van der Waals surface area contributed by atoms with E-state index in [1.54, 1.807) is 11.3 Å². The summed E-state index contributed by atoms with van der Waals surface area (Å²) in [6, 6.07) is 6.54. The van der Waals surface area contributed by atoms with Crippen molar-refractivity contribution in [3.8, 4) is 0 Å². The summed E-state index contributed by atoms with van der Waals surface area (Å²) in [6.45, 7) is 10.4. The molecule has 1 atom stereocenters. The largest absolute Gasteiger partial charge is 0.395 e. The molecule has 0 aliphatic rings. The van der Waals surface area contributed by atoms with Crippen LogP contribution in [0.2, 0.25) is 0 Å². The monoisotopic (exact) mass is 321 g/mol. The van der Waals surface area contributed by atoms with E-state index in [0.29, 0.717) is 0 Å². The fourth-order valence-corrected chi connectivity index (χ4v) is 3.19. The van der Waals surface area contributed by atoms with E-state index in [2.05, 4.69) is 66.4 Å². The van der Waals surface area contributed by atoms with Crippen LogP contribution in [0.1, 0.15) is 50.4 Å². The van der Waals surface area contributed by atoms with Crippen molar-refractivity contribution in [2.24, 2.45) is 0 Å². The van der Waals surface area contributed by atoms with Gasteiger partial charge in [0.15, 0.2) is 0 Å². The maximum atomic E-state index is 9.67. The van der Waals surface area contributed by atoms with Crippen molar-refractivity contribution in [2.45, 2.75) is 58.7 Å². The lowest BCUT2D eigenvalue weighted by Crippen LogP contribution is -2.36. The van der Waals surface area contributed by atoms with E-state index < -0.39 is 0 Å². The van der Waals surface area contributed by atoms with Crippen LogP contribution in [0.15, 0.2) is 23.6 Å². The van der Waals surface area contributed by atoms with Crippen LogP contribution >= 0.6 is 11.3 Å². The van der Waals surface area contributed by atoms with Crippen molar-refractivity contribution in [1.82, 2.24) is 15.1 Å². The van der Waals surface area contributed by atoms with Crippen LogP contribution in [-0.4, -0.2) is 32.9 Å². The molecule has 0 fully saturated rings. The Kier molecular flexibility index (Phi) is 5.78. The van der Waals surface area contributed by atoms with Gasteiger partial charge in [0.05, 0.1) is 12.3 Å². The Bertz CT molecular complexity index is 553. The van der Waals surface area contributed by atoms with Gasteiger partial charge in [0.25, 0.3) is 0 Å². The Morgan fingerprint density at radius 3 is 2.64 bits per heavy atom. The number of aromatic nitrogens is 2. The number of thiophene rings is 1. The van der Waals surface area contributed by atoms with E-state index in [1.807, 2.05) is 0 Å². The third kappa shape index (κ3) is 4.41. The van der Waals surface area contributed by atoms with Gasteiger partial charge in [-0.15, -0.1) is 11.3 Å². The third-order valence-corrected chi connectivity index (χ3v) is 4.77. The summed E-state index contributed by atoms with van der Waals surface area (Å²) >= 11 is 1.76. The summed E-state index contributed by atoms with van der Waals surface area (Å²) in [5.41, 5.74) is 2.23. The van der Waals surface area contributed by atoms with Crippen LogP contribution in [-0.2, 0) is 18.5 Å². The van der Waals surface area contributed by atoms with E-state index in [-0.39, 0.29) is 18.1 Å². The van der Waals surface area contributed by atoms with Crippen molar-refractivity contribution >= 4 is 11.3 Å². The highest BCUT2D eigenvalue weighted by atomic mass is 32.1. The number of aliphatic hydroxyl groups excluding tert-OH is 1. The fraction of sp³-hybridized carbons (Fsp3) is 0.588. The number of hydrogen-bond acceptors (Lipinski definition) is 4. The Balaban J connectivity index is 2.13. The average Bonchev–Trinajstić information content (AvgIpc) is 3.10. The SMILES string of the molecule is CCC(CO)N(Cc1cc(C(C)(C)C)n[nH]1)Cc1cccs1. The van der Waals surface area contributed by atoms with Crippen LogP contribution in [0.3, 0.4) is 0 Å². The van der Waals surface area contributed by atoms with E-state index in [0.717, 1.165) is 30.9 Å². The Hall–Kier alpha value is -1.17. The second kappa shape index (κ2) is 7.40. The predicted octanol–water partition coefficient (Wildman–Crippen LogP) is 3.54. The van der Waals surface area contributed by atoms with Crippen molar-refractivity contribution in [3.63, 3.8) is 0 Å². The molecule has 122 valence electrons. The van der Waals surface area contributed by atoms with E-state index in [9.17, 15) is 5.11 Å². The van der Waals surface area contributed by atoms with Crippen LogP contribution in [0.5, 0.6) is 0 Å². The second-order valence-corrected chi connectivity index (χ2v) is 7.79. The van der Waals surface area contributed by atoms with Crippen LogP contribution < -0.4 is 0 Å². The van der Waals surface area contributed by atoms with Gasteiger partial charge in [-0.2, -0.15) is 5.10 Å². The number of nitrogens with zero attached hydrogens (tertiary/aromatic N) is 2. The van der Waals surface area contributed by atoms with Gasteiger partial charge in [-0.25, -0.2) is 0 Å². The second-order valence-electron chi connectivity index (χ2n) is 6.76. The quantitative estimate of drug-likeness (QED) is 0.820. The van der Waals surface area contributed by atoms with Gasteiger partial charge in [0.2, 0.25) is 0 Å². The molecular weight excluding hydrogens is 294 g/mol. The first-order valence-electron chi connectivity index (χ1n) is 7.86. The zero-order chi connectivity index (χ0) is 16.2. The minimum Gasteiger partial charge on any atom is -0.395 e. The molecule has 2 heterocycles. The molecule has 2 N–H and O–H groups in total. The Morgan fingerprint density at radius 2 is 2.14 bits per heavy atom. The highest BCUT2D eigenvalue weighted by molar-refractivity contribution is 7.09. The number of nitrogens with one attached hydrogen (secondary N) is 1. The van der Waals surface area contributed by atoms with E-state index in [1.165, 1.54) is 4.88 Å². The highest BCUT2D eigenvalue weighted by Crippen LogP contribution is 2.22. The molecule has 0 radical (unpaired) electrons. The fourth-order valence-electron chi connectivity index (χ4n) is 2.47. The summed E-state index contributed by atoms with van der Waals surface area (Å²) in [5.74, 6) is 0. The smallest absolute Gasteiger partial charge is 0.0678 e. The standard InChI is InChI=1S/C17H27N3OS/c1-5-14(12-21)20(11-15-7-6-8-22-15)10-13-9-16(19-18-13)17(2,3)4/h6-9,14,21H,5,10-12H2,1-4H3,(H,18,19). The van der Waals surface area contributed by atoms with Gasteiger partial charge in [0, 0.05) is 35.1 Å². The first-order chi connectivity index (χ1) is 10.4. The first kappa shape index (κ1) is 17.2. The average molecular weight is 321 g/mol. The molecule has 0 saturated heterocycles. The first-order valence-corrected chi connectivity index (χ1v) is 8.74. The molecular formula is C17H27N3OS. The topological polar surface area (TPSA) is 52.1 Å². The van der Waals surface area contributed by atoms with E-state index in [4.69, 9.17) is 0 Å². The number of aromatic amines is 1. The third-order valence-electron chi connectivity index (χ3n) is 3.91. The summed E-state index contributed by atoms with van der Waals surface area (Å²) in [5, 5.41) is 19.4. The Labute approximate surface area is 137 Å². The molecule has 0 aliphatic carbocycles. The van der Waals surface area contributed by atoms with Crippen LogP contribution in [0.25, 0.3) is 0 Å². The van der Waals surface area contributed by atoms with Crippen molar-refractivity contribution in [1.29, 1.82) is 0 Å². The molecule has 1 unspecified atom stereocenters. The van der Waals surface area contributed by atoms with Crippen molar-refractivity contribution in [2.75, 3.05) is 6.61 Å². The minimum atomic E-state index is 0.0501. The molecule has 0 saturated carbocycles. The van der Waals surface area contributed by atoms with Crippen LogP contribution in [0.4, 0.5) is 0 Å². The van der Waals surface area contributed by atoms with Crippen molar-refractivity contribution < 1.29 is 5.11 Å². The van der Waals surface area contributed by atoms with E-state index >= 15 is 0 Å². The lowest BCUT2D eigenvalue weighted by Gasteiger charge is -2.28. The summed E-state index contributed by atoms with van der Waals surface area (Å²) in [6.07, 6.45) is 0.933. The number of aliphatic hydroxyl groups is 1. The minimum absolute atomic E-state index is 0.0501. The normalized spacial score (nSPS) is 13.7. The zero-order valence-electron chi connectivity index (χ0n) is 14.0. The van der Waals surface area contributed by atoms with Gasteiger partial charge in [-0.1, -0.05) is 33.8 Å². The molecule has 0 amide bonds. The van der Waals surface area contributed by atoms with Gasteiger partial charge >= 0.3 is 0 Å². The van der Waals surface area contributed by atoms with Gasteiger partial charge < -0.3 is 5.11 Å².